The van der Waals surface area contributed by atoms with Crippen molar-refractivity contribution in [1.29, 1.82) is 0 Å². The van der Waals surface area contributed by atoms with E-state index >= 15 is 0 Å². The summed E-state index contributed by atoms with van der Waals surface area (Å²) in [6, 6.07) is -0.305. The number of ether oxygens (including phenoxy) is 1. The van der Waals surface area contributed by atoms with Crippen molar-refractivity contribution in [3.63, 3.8) is 0 Å². The first-order valence-electron chi connectivity index (χ1n) is 6.41. The second kappa shape index (κ2) is 8.05. The van der Waals surface area contributed by atoms with E-state index in [0.717, 1.165) is 19.3 Å². The van der Waals surface area contributed by atoms with Crippen LogP contribution in [0, 0.1) is 0 Å². The number of nitrogens with zero attached hydrogens (tertiary/aromatic N) is 1. The molecule has 0 spiro atoms. The fourth-order valence-corrected chi connectivity index (χ4v) is 2.14. The van der Waals surface area contributed by atoms with Crippen LogP contribution in [0.1, 0.15) is 19.3 Å². The Balaban J connectivity index is 2.44. The number of likely N-dealkylation sites (N-methyl/N-ethyl adjacent to an activating group) is 1. The highest BCUT2D eigenvalue weighted by Crippen LogP contribution is 2.17. The Morgan fingerprint density at radius 1 is 1.39 bits per heavy atom. The summed E-state index contributed by atoms with van der Waals surface area (Å²) in [6.45, 7) is 2.15. The van der Waals surface area contributed by atoms with Gasteiger partial charge in [0, 0.05) is 27.2 Å². The SMILES string of the molecule is CNC(=O)C1CCCCN1C(=O)CNCCOC. The number of nitrogens with one attached hydrogen (secondary N) is 2. The number of hydrogen-bond acceptors (Lipinski definition) is 4. The Hall–Kier alpha value is -1.14. The molecule has 1 saturated heterocycles. The van der Waals surface area contributed by atoms with E-state index in [2.05, 4.69) is 10.6 Å². The number of likely N-dealkylation sites (tertiary alicyclic amines) is 1. The number of amides is 2. The molecule has 2 N–H and O–H groups in total. The minimum Gasteiger partial charge on any atom is -0.383 e. The summed E-state index contributed by atoms with van der Waals surface area (Å²) in [6.07, 6.45) is 2.72. The molecule has 0 bridgehead atoms. The molecule has 1 unspecified atom stereocenters. The van der Waals surface area contributed by atoms with Crippen molar-refractivity contribution < 1.29 is 14.3 Å². The van der Waals surface area contributed by atoms with Gasteiger partial charge in [0.15, 0.2) is 0 Å². The van der Waals surface area contributed by atoms with Crippen LogP contribution in [0.5, 0.6) is 0 Å². The predicted molar refractivity (Wildman–Crippen MR) is 68.2 cm³/mol. The van der Waals surface area contributed by atoms with Gasteiger partial charge in [0.1, 0.15) is 6.04 Å². The van der Waals surface area contributed by atoms with Gasteiger partial charge < -0.3 is 20.3 Å². The second-order valence-corrected chi connectivity index (χ2v) is 4.38. The molecule has 2 amide bonds. The van der Waals surface area contributed by atoms with Crippen LogP contribution in [0.15, 0.2) is 0 Å². The third kappa shape index (κ3) is 4.27. The van der Waals surface area contributed by atoms with Crippen molar-refractivity contribution in [2.75, 3.05) is 40.4 Å². The average Bonchev–Trinajstić information content (AvgIpc) is 2.42. The van der Waals surface area contributed by atoms with E-state index in [9.17, 15) is 9.59 Å². The lowest BCUT2D eigenvalue weighted by atomic mass is 10.0. The Morgan fingerprint density at radius 3 is 2.83 bits per heavy atom. The van der Waals surface area contributed by atoms with Gasteiger partial charge in [0.2, 0.25) is 11.8 Å². The molecule has 1 fully saturated rings. The molecule has 0 radical (unpaired) electrons. The molecule has 6 nitrogen and oxygen atoms in total. The minimum atomic E-state index is -0.305. The Bertz CT molecular complexity index is 284. The maximum Gasteiger partial charge on any atom is 0.242 e. The Morgan fingerprint density at radius 2 is 2.17 bits per heavy atom. The first kappa shape index (κ1) is 14.9. The molecule has 18 heavy (non-hydrogen) atoms. The molecule has 0 saturated carbocycles. The highest BCUT2D eigenvalue weighted by Gasteiger charge is 2.30. The normalized spacial score (nSPS) is 19.7. The van der Waals surface area contributed by atoms with Crippen LogP contribution in [0.2, 0.25) is 0 Å². The fraction of sp³-hybridized carbons (Fsp3) is 0.833. The van der Waals surface area contributed by atoms with E-state index in [1.165, 1.54) is 0 Å². The van der Waals surface area contributed by atoms with Crippen molar-refractivity contribution in [1.82, 2.24) is 15.5 Å². The second-order valence-electron chi connectivity index (χ2n) is 4.38. The summed E-state index contributed by atoms with van der Waals surface area (Å²) in [5.74, 6) is -0.0839. The van der Waals surface area contributed by atoms with Gasteiger partial charge in [-0.2, -0.15) is 0 Å². The smallest absolute Gasteiger partial charge is 0.242 e. The lowest BCUT2D eigenvalue weighted by Crippen LogP contribution is -2.53. The van der Waals surface area contributed by atoms with Gasteiger partial charge in [-0.3, -0.25) is 9.59 Å². The van der Waals surface area contributed by atoms with Crippen LogP contribution < -0.4 is 10.6 Å². The summed E-state index contributed by atoms with van der Waals surface area (Å²) in [4.78, 5) is 25.4. The van der Waals surface area contributed by atoms with Gasteiger partial charge in [0.25, 0.3) is 0 Å². The van der Waals surface area contributed by atoms with E-state index in [4.69, 9.17) is 4.74 Å². The van der Waals surface area contributed by atoms with Crippen molar-refractivity contribution in [2.24, 2.45) is 0 Å². The molecule has 1 aliphatic heterocycles. The molecular weight excluding hydrogens is 234 g/mol. The third-order valence-electron chi connectivity index (χ3n) is 3.13. The molecule has 0 aliphatic carbocycles. The summed E-state index contributed by atoms with van der Waals surface area (Å²) in [7, 11) is 3.23. The monoisotopic (exact) mass is 257 g/mol. The summed E-state index contributed by atoms with van der Waals surface area (Å²) in [5, 5.41) is 5.64. The molecule has 0 aromatic heterocycles. The molecule has 1 heterocycles. The van der Waals surface area contributed by atoms with Gasteiger partial charge in [-0.1, -0.05) is 0 Å². The Kier molecular flexibility index (Phi) is 6.67. The van der Waals surface area contributed by atoms with Crippen molar-refractivity contribution >= 4 is 11.8 Å². The molecule has 0 aromatic rings. The van der Waals surface area contributed by atoms with Gasteiger partial charge in [0.05, 0.1) is 13.2 Å². The molecular formula is C12H23N3O3. The zero-order valence-corrected chi connectivity index (χ0v) is 11.2. The van der Waals surface area contributed by atoms with Crippen molar-refractivity contribution in [2.45, 2.75) is 25.3 Å². The van der Waals surface area contributed by atoms with E-state index < -0.39 is 0 Å². The minimum absolute atomic E-state index is 0.0144. The first-order valence-corrected chi connectivity index (χ1v) is 6.41. The molecule has 6 heteroatoms. The lowest BCUT2D eigenvalue weighted by Gasteiger charge is -2.34. The third-order valence-corrected chi connectivity index (χ3v) is 3.13. The molecule has 1 aliphatic rings. The molecule has 1 atom stereocenters. The summed E-state index contributed by atoms with van der Waals surface area (Å²) < 4.78 is 4.89. The topological polar surface area (TPSA) is 70.7 Å². The maximum atomic E-state index is 12.0. The van der Waals surface area contributed by atoms with Crippen molar-refractivity contribution in [3.8, 4) is 0 Å². The zero-order chi connectivity index (χ0) is 13.4. The quantitative estimate of drug-likeness (QED) is 0.620. The van der Waals surface area contributed by atoms with Gasteiger partial charge in [-0.25, -0.2) is 0 Å². The van der Waals surface area contributed by atoms with Gasteiger partial charge in [-0.15, -0.1) is 0 Å². The van der Waals surface area contributed by atoms with Crippen LogP contribution in [-0.2, 0) is 14.3 Å². The maximum absolute atomic E-state index is 12.0. The standard InChI is InChI=1S/C12H23N3O3/c1-13-12(17)10-5-3-4-7-15(10)11(16)9-14-6-8-18-2/h10,14H,3-9H2,1-2H3,(H,13,17). The molecule has 104 valence electrons. The fourth-order valence-electron chi connectivity index (χ4n) is 2.14. The number of piperidine rings is 1. The number of carbonyl (C=O) groups excluding carboxylic acids is 2. The van der Waals surface area contributed by atoms with Crippen LogP contribution >= 0.6 is 0 Å². The molecule has 0 aromatic carbocycles. The number of carbonyl (C=O) groups is 2. The van der Waals surface area contributed by atoms with Crippen LogP contribution in [0.25, 0.3) is 0 Å². The Labute approximate surface area is 108 Å². The largest absolute Gasteiger partial charge is 0.383 e. The summed E-state index contributed by atoms with van der Waals surface area (Å²) in [5.41, 5.74) is 0. The van der Waals surface area contributed by atoms with Crippen molar-refractivity contribution in [3.05, 3.63) is 0 Å². The van der Waals surface area contributed by atoms with Crippen LogP contribution in [0.4, 0.5) is 0 Å². The number of methoxy groups -OCH3 is 1. The number of hydrogen-bond donors (Lipinski definition) is 2. The molecule has 1 rings (SSSR count). The van der Waals surface area contributed by atoms with Crippen LogP contribution in [0.3, 0.4) is 0 Å². The predicted octanol–water partition coefficient (Wildman–Crippen LogP) is -0.650. The highest BCUT2D eigenvalue weighted by atomic mass is 16.5. The van der Waals surface area contributed by atoms with Gasteiger partial charge >= 0.3 is 0 Å². The van der Waals surface area contributed by atoms with Crippen LogP contribution in [-0.4, -0.2) is 63.2 Å². The van der Waals surface area contributed by atoms with Gasteiger partial charge in [-0.05, 0) is 19.3 Å². The first-order chi connectivity index (χ1) is 8.70. The lowest BCUT2D eigenvalue weighted by molar-refractivity contribution is -0.141. The highest BCUT2D eigenvalue weighted by molar-refractivity contribution is 5.88. The zero-order valence-electron chi connectivity index (χ0n) is 11.2. The van der Waals surface area contributed by atoms with E-state index in [1.807, 2.05) is 0 Å². The number of rotatable bonds is 6. The average molecular weight is 257 g/mol. The summed E-state index contributed by atoms with van der Waals surface area (Å²) >= 11 is 0. The van der Waals surface area contributed by atoms with E-state index in [-0.39, 0.29) is 24.4 Å². The van der Waals surface area contributed by atoms with E-state index in [1.54, 1.807) is 19.1 Å². The van der Waals surface area contributed by atoms with E-state index in [0.29, 0.717) is 19.7 Å².